The predicted octanol–water partition coefficient (Wildman–Crippen LogP) is 11.0. The molecule has 2 nitrogen and oxygen atoms in total. The fourth-order valence-electron chi connectivity index (χ4n) is 5.59. The molecule has 218 valence electrons. The van der Waals surface area contributed by atoms with Gasteiger partial charge in [-0.1, -0.05) is 153 Å². The van der Waals surface area contributed by atoms with Crippen LogP contribution in [0.3, 0.4) is 0 Å². The summed E-state index contributed by atoms with van der Waals surface area (Å²) in [5.41, 5.74) is 6.39. The third kappa shape index (κ3) is 6.19. The fourth-order valence-corrected chi connectivity index (χ4v) is 5.59. The SMILES string of the molecule is CC(C)(C)c1ccc(COc2c3ccccc3c(OCc3ccc(C(C)(C)C)cc3)c3c(C(C)(C)C)cccc23)cc1. The lowest BCUT2D eigenvalue weighted by atomic mass is 9.82. The van der Waals surface area contributed by atoms with Crippen molar-refractivity contribution in [2.45, 2.75) is 91.8 Å². The molecule has 0 fully saturated rings. The van der Waals surface area contributed by atoms with Crippen molar-refractivity contribution < 1.29 is 9.47 Å². The van der Waals surface area contributed by atoms with Gasteiger partial charge in [0.15, 0.2) is 0 Å². The Kier molecular flexibility index (Phi) is 7.88. The zero-order valence-corrected chi connectivity index (χ0v) is 26.9. The summed E-state index contributed by atoms with van der Waals surface area (Å²) in [5, 5.41) is 4.37. The van der Waals surface area contributed by atoms with Gasteiger partial charge in [-0.3, -0.25) is 0 Å². The molecular weight excluding hydrogens is 512 g/mol. The second kappa shape index (κ2) is 11.1. The van der Waals surface area contributed by atoms with Crippen LogP contribution in [-0.4, -0.2) is 0 Å². The second-order valence-corrected chi connectivity index (χ2v) is 14.7. The number of rotatable bonds is 6. The lowest BCUT2D eigenvalue weighted by Crippen LogP contribution is -2.13. The molecule has 5 aromatic rings. The maximum Gasteiger partial charge on any atom is 0.136 e. The zero-order chi connectivity index (χ0) is 30.3. The number of hydrogen-bond acceptors (Lipinski definition) is 2. The Morgan fingerprint density at radius 2 is 0.857 bits per heavy atom. The quantitative estimate of drug-likeness (QED) is 0.193. The molecule has 42 heavy (non-hydrogen) atoms. The van der Waals surface area contributed by atoms with E-state index in [2.05, 4.69) is 153 Å². The molecule has 5 aromatic carbocycles. The van der Waals surface area contributed by atoms with Crippen LogP contribution in [0.5, 0.6) is 11.5 Å². The van der Waals surface area contributed by atoms with Crippen LogP contribution in [0.4, 0.5) is 0 Å². The normalized spacial score (nSPS) is 12.6. The first-order valence-electron chi connectivity index (χ1n) is 15.2. The molecule has 0 N–H and O–H groups in total. The summed E-state index contributed by atoms with van der Waals surface area (Å²) >= 11 is 0. The van der Waals surface area contributed by atoms with E-state index in [1.165, 1.54) is 16.7 Å². The van der Waals surface area contributed by atoms with Gasteiger partial charge in [0.1, 0.15) is 24.7 Å². The molecule has 0 aliphatic heterocycles. The first-order valence-corrected chi connectivity index (χ1v) is 15.2. The number of fused-ring (bicyclic) bond motifs is 2. The summed E-state index contributed by atoms with van der Waals surface area (Å²) in [6.45, 7) is 21.3. The Labute approximate surface area is 252 Å². The maximum atomic E-state index is 6.79. The van der Waals surface area contributed by atoms with Crippen molar-refractivity contribution >= 4 is 21.5 Å². The van der Waals surface area contributed by atoms with Gasteiger partial charge in [0.05, 0.1) is 0 Å². The van der Waals surface area contributed by atoms with Crippen LogP contribution in [0.15, 0.2) is 91.0 Å². The molecule has 0 spiro atoms. The lowest BCUT2D eigenvalue weighted by Gasteiger charge is -2.26. The number of ether oxygens (including phenoxy) is 2. The van der Waals surface area contributed by atoms with Crippen LogP contribution in [0.25, 0.3) is 21.5 Å². The molecule has 0 saturated heterocycles. The Bertz CT molecular complexity index is 1690. The van der Waals surface area contributed by atoms with Crippen LogP contribution >= 0.6 is 0 Å². The highest BCUT2D eigenvalue weighted by Gasteiger charge is 2.24. The largest absolute Gasteiger partial charge is 0.488 e. The minimum Gasteiger partial charge on any atom is -0.488 e. The average molecular weight is 559 g/mol. The molecule has 0 heterocycles. The van der Waals surface area contributed by atoms with E-state index in [4.69, 9.17) is 9.47 Å². The molecule has 0 bridgehead atoms. The summed E-state index contributed by atoms with van der Waals surface area (Å²) in [4.78, 5) is 0. The highest BCUT2D eigenvalue weighted by molar-refractivity contribution is 6.12. The third-order valence-corrected chi connectivity index (χ3v) is 8.17. The number of benzene rings is 5. The topological polar surface area (TPSA) is 18.5 Å². The van der Waals surface area contributed by atoms with E-state index < -0.39 is 0 Å². The second-order valence-electron chi connectivity index (χ2n) is 14.7. The highest BCUT2D eigenvalue weighted by atomic mass is 16.5. The molecular formula is C40H46O2. The molecule has 5 rings (SSSR count). The lowest BCUT2D eigenvalue weighted by molar-refractivity contribution is 0.308. The van der Waals surface area contributed by atoms with Gasteiger partial charge in [0, 0.05) is 21.5 Å². The van der Waals surface area contributed by atoms with Gasteiger partial charge in [0.2, 0.25) is 0 Å². The van der Waals surface area contributed by atoms with Crippen molar-refractivity contribution in [2.24, 2.45) is 0 Å². The van der Waals surface area contributed by atoms with Gasteiger partial charge in [0.25, 0.3) is 0 Å². The average Bonchev–Trinajstić information content (AvgIpc) is 2.93. The van der Waals surface area contributed by atoms with Gasteiger partial charge in [-0.2, -0.15) is 0 Å². The minimum absolute atomic E-state index is 0.0749. The molecule has 0 amide bonds. The van der Waals surface area contributed by atoms with Gasteiger partial charge in [-0.05, 0) is 44.1 Å². The van der Waals surface area contributed by atoms with E-state index in [-0.39, 0.29) is 16.2 Å². The van der Waals surface area contributed by atoms with Crippen molar-refractivity contribution in [3.05, 3.63) is 119 Å². The monoisotopic (exact) mass is 558 g/mol. The Balaban J connectivity index is 1.59. The van der Waals surface area contributed by atoms with Crippen molar-refractivity contribution in [1.29, 1.82) is 0 Å². The van der Waals surface area contributed by atoms with Crippen molar-refractivity contribution in [2.75, 3.05) is 0 Å². The summed E-state index contributed by atoms with van der Waals surface area (Å²) in [5.74, 6) is 1.83. The van der Waals surface area contributed by atoms with E-state index in [1.807, 2.05) is 0 Å². The zero-order valence-electron chi connectivity index (χ0n) is 26.9. The Morgan fingerprint density at radius 3 is 1.31 bits per heavy atom. The van der Waals surface area contributed by atoms with Crippen LogP contribution in [0.1, 0.15) is 90.1 Å². The molecule has 0 atom stereocenters. The van der Waals surface area contributed by atoms with E-state index in [0.29, 0.717) is 13.2 Å². The Hall–Kier alpha value is -3.78. The smallest absolute Gasteiger partial charge is 0.136 e. The fraction of sp³-hybridized carbons (Fsp3) is 0.350. The summed E-state index contributed by atoms with van der Waals surface area (Å²) in [7, 11) is 0. The van der Waals surface area contributed by atoms with E-state index >= 15 is 0 Å². The summed E-state index contributed by atoms with van der Waals surface area (Å²) in [6.07, 6.45) is 0. The standard InChI is InChI=1S/C40H46O2/c1-38(2,3)29-21-17-27(18-22-29)25-41-36-31-13-10-11-14-32(31)37(35-33(36)15-12-16-34(35)40(7,8)9)42-26-28-19-23-30(24-20-28)39(4,5)6/h10-24H,25-26H2,1-9H3. The molecule has 0 aliphatic carbocycles. The molecule has 0 radical (unpaired) electrons. The van der Waals surface area contributed by atoms with Gasteiger partial charge in [-0.25, -0.2) is 0 Å². The van der Waals surface area contributed by atoms with Gasteiger partial charge < -0.3 is 9.47 Å². The van der Waals surface area contributed by atoms with Crippen LogP contribution in [0.2, 0.25) is 0 Å². The van der Waals surface area contributed by atoms with E-state index in [9.17, 15) is 0 Å². The third-order valence-electron chi connectivity index (χ3n) is 8.17. The predicted molar refractivity (Wildman–Crippen MR) is 179 cm³/mol. The van der Waals surface area contributed by atoms with E-state index in [1.54, 1.807) is 0 Å². The summed E-state index contributed by atoms with van der Waals surface area (Å²) in [6, 6.07) is 32.7. The van der Waals surface area contributed by atoms with E-state index in [0.717, 1.165) is 44.2 Å². The first kappa shape index (κ1) is 29.7. The molecule has 0 saturated carbocycles. The number of hydrogen-bond donors (Lipinski definition) is 0. The molecule has 0 aliphatic rings. The van der Waals surface area contributed by atoms with Gasteiger partial charge >= 0.3 is 0 Å². The van der Waals surface area contributed by atoms with Crippen molar-refractivity contribution in [1.82, 2.24) is 0 Å². The molecule has 2 heteroatoms. The molecule has 0 aromatic heterocycles. The van der Waals surface area contributed by atoms with Crippen LogP contribution < -0.4 is 9.47 Å². The highest BCUT2D eigenvalue weighted by Crippen LogP contribution is 2.47. The maximum absolute atomic E-state index is 6.79. The Morgan fingerprint density at radius 1 is 0.429 bits per heavy atom. The minimum atomic E-state index is -0.0749. The summed E-state index contributed by atoms with van der Waals surface area (Å²) < 4.78 is 13.5. The first-order chi connectivity index (χ1) is 19.7. The van der Waals surface area contributed by atoms with Gasteiger partial charge in [-0.15, -0.1) is 0 Å². The van der Waals surface area contributed by atoms with Crippen LogP contribution in [0, 0.1) is 0 Å². The van der Waals surface area contributed by atoms with Crippen LogP contribution in [-0.2, 0) is 29.5 Å². The van der Waals surface area contributed by atoms with Crippen molar-refractivity contribution in [3.63, 3.8) is 0 Å². The molecule has 0 unspecified atom stereocenters. The van der Waals surface area contributed by atoms with Crippen molar-refractivity contribution in [3.8, 4) is 11.5 Å².